The molecule has 110 valence electrons. The summed E-state index contributed by atoms with van der Waals surface area (Å²) in [6.45, 7) is 5.34. The zero-order chi connectivity index (χ0) is 14.5. The molecule has 0 aliphatic carbocycles. The molecular formula is C13H22N6O. The highest BCUT2D eigenvalue weighted by Gasteiger charge is 2.08. The summed E-state index contributed by atoms with van der Waals surface area (Å²) in [4.78, 5) is 12.2. The van der Waals surface area contributed by atoms with E-state index in [0.29, 0.717) is 36.2 Å². The van der Waals surface area contributed by atoms with Gasteiger partial charge in [-0.05, 0) is 18.8 Å². The van der Waals surface area contributed by atoms with Gasteiger partial charge in [-0.1, -0.05) is 13.8 Å². The molecule has 0 aromatic carbocycles. The lowest BCUT2D eigenvalue weighted by atomic mass is 10.0. The van der Waals surface area contributed by atoms with E-state index in [-0.39, 0.29) is 6.04 Å². The zero-order valence-corrected chi connectivity index (χ0v) is 12.0. The summed E-state index contributed by atoms with van der Waals surface area (Å²) in [5.74, 6) is 0.893. The molecule has 20 heavy (non-hydrogen) atoms. The summed E-state index contributed by atoms with van der Waals surface area (Å²) < 4.78 is 7.44. The topological polar surface area (TPSA) is 105 Å². The fraction of sp³-hybridized carbons (Fsp3) is 0.615. The number of rotatable bonds is 7. The van der Waals surface area contributed by atoms with Crippen LogP contribution in [-0.2, 0) is 11.5 Å². The Morgan fingerprint density at radius 1 is 1.30 bits per heavy atom. The number of imidazole rings is 1. The molecule has 0 saturated carbocycles. The second-order valence-electron chi connectivity index (χ2n) is 5.23. The maximum atomic E-state index is 5.98. The van der Waals surface area contributed by atoms with Crippen LogP contribution in [0.25, 0.3) is 11.2 Å². The Hall–Kier alpha value is -1.73. The van der Waals surface area contributed by atoms with E-state index in [2.05, 4.69) is 28.8 Å². The minimum absolute atomic E-state index is 0.236. The van der Waals surface area contributed by atoms with Crippen LogP contribution in [0.1, 0.15) is 26.7 Å². The largest absolute Gasteiger partial charge is 0.382 e. The quantitative estimate of drug-likeness (QED) is 0.736. The lowest BCUT2D eigenvalue weighted by Gasteiger charge is -2.15. The van der Waals surface area contributed by atoms with Crippen LogP contribution in [0.3, 0.4) is 0 Å². The lowest BCUT2D eigenvalue weighted by Crippen LogP contribution is -2.26. The molecule has 2 aromatic rings. The van der Waals surface area contributed by atoms with E-state index >= 15 is 0 Å². The number of nitrogen functional groups attached to an aromatic ring is 1. The van der Waals surface area contributed by atoms with Gasteiger partial charge in [-0.25, -0.2) is 15.0 Å². The summed E-state index contributed by atoms with van der Waals surface area (Å²) in [6, 6.07) is 0.236. The molecule has 7 nitrogen and oxygen atoms in total. The molecule has 0 aliphatic rings. The van der Waals surface area contributed by atoms with Crippen molar-refractivity contribution in [3.8, 4) is 0 Å². The third kappa shape index (κ3) is 3.43. The Balaban J connectivity index is 1.80. The standard InChI is InChI=1S/C13H22N6O/c1-9(2)10(14)4-3-5-20-8-19-7-18-11-12(15)16-6-17-13(11)19/h6-7,9-10H,3-5,8,14H2,1-2H3,(H2,15,16,17). The first-order valence-corrected chi connectivity index (χ1v) is 6.84. The summed E-state index contributed by atoms with van der Waals surface area (Å²) >= 11 is 0. The van der Waals surface area contributed by atoms with Gasteiger partial charge >= 0.3 is 0 Å². The minimum Gasteiger partial charge on any atom is -0.382 e. The Labute approximate surface area is 118 Å². The van der Waals surface area contributed by atoms with Crippen LogP contribution in [0.2, 0.25) is 0 Å². The van der Waals surface area contributed by atoms with Crippen molar-refractivity contribution in [2.45, 2.75) is 39.5 Å². The average molecular weight is 278 g/mol. The maximum Gasteiger partial charge on any atom is 0.167 e. The minimum atomic E-state index is 0.236. The van der Waals surface area contributed by atoms with Gasteiger partial charge in [0.2, 0.25) is 0 Å². The Morgan fingerprint density at radius 3 is 2.85 bits per heavy atom. The molecule has 2 rings (SSSR count). The van der Waals surface area contributed by atoms with Crippen molar-refractivity contribution in [1.29, 1.82) is 0 Å². The number of nitrogens with zero attached hydrogens (tertiary/aromatic N) is 4. The third-order valence-electron chi connectivity index (χ3n) is 3.34. The molecule has 2 aromatic heterocycles. The predicted molar refractivity (Wildman–Crippen MR) is 77.7 cm³/mol. The van der Waals surface area contributed by atoms with Gasteiger partial charge in [-0.2, -0.15) is 0 Å². The molecule has 0 amide bonds. The molecule has 4 N–H and O–H groups in total. The molecule has 7 heteroatoms. The van der Waals surface area contributed by atoms with Gasteiger partial charge < -0.3 is 16.2 Å². The molecular weight excluding hydrogens is 256 g/mol. The predicted octanol–water partition coefficient (Wildman–Crippen LogP) is 1.15. The van der Waals surface area contributed by atoms with E-state index in [1.54, 1.807) is 6.33 Å². The van der Waals surface area contributed by atoms with Crippen molar-refractivity contribution >= 4 is 17.0 Å². The molecule has 0 aliphatic heterocycles. The van der Waals surface area contributed by atoms with Gasteiger partial charge in [0.25, 0.3) is 0 Å². The van der Waals surface area contributed by atoms with Crippen molar-refractivity contribution in [2.24, 2.45) is 11.7 Å². The van der Waals surface area contributed by atoms with Gasteiger partial charge in [-0.15, -0.1) is 0 Å². The van der Waals surface area contributed by atoms with Crippen LogP contribution in [0.15, 0.2) is 12.7 Å². The highest BCUT2D eigenvalue weighted by atomic mass is 16.5. The van der Waals surface area contributed by atoms with Crippen LogP contribution in [0.4, 0.5) is 5.82 Å². The summed E-state index contributed by atoms with van der Waals surface area (Å²) in [7, 11) is 0. The Morgan fingerprint density at radius 2 is 2.10 bits per heavy atom. The highest BCUT2D eigenvalue weighted by Crippen LogP contribution is 2.14. The van der Waals surface area contributed by atoms with E-state index in [1.807, 2.05) is 4.57 Å². The third-order valence-corrected chi connectivity index (χ3v) is 3.34. The maximum absolute atomic E-state index is 5.98. The average Bonchev–Trinajstić information content (AvgIpc) is 2.83. The second-order valence-corrected chi connectivity index (χ2v) is 5.23. The zero-order valence-electron chi connectivity index (χ0n) is 12.0. The number of fused-ring (bicyclic) bond motifs is 1. The normalized spacial score (nSPS) is 13.2. The van der Waals surface area contributed by atoms with Crippen molar-refractivity contribution in [1.82, 2.24) is 19.5 Å². The first kappa shape index (κ1) is 14.7. The molecule has 0 bridgehead atoms. The molecule has 1 unspecified atom stereocenters. The van der Waals surface area contributed by atoms with Crippen LogP contribution in [0.5, 0.6) is 0 Å². The molecule has 0 spiro atoms. The Kier molecular flexibility index (Phi) is 4.86. The first-order chi connectivity index (χ1) is 9.59. The van der Waals surface area contributed by atoms with E-state index in [4.69, 9.17) is 16.2 Å². The van der Waals surface area contributed by atoms with Gasteiger partial charge in [0, 0.05) is 12.6 Å². The number of nitrogens with two attached hydrogens (primary N) is 2. The fourth-order valence-corrected chi connectivity index (χ4v) is 1.91. The van der Waals surface area contributed by atoms with Gasteiger partial charge in [0.1, 0.15) is 18.6 Å². The Bertz CT molecular complexity index is 553. The fourth-order valence-electron chi connectivity index (χ4n) is 1.91. The number of anilines is 1. The van der Waals surface area contributed by atoms with E-state index in [0.717, 1.165) is 12.8 Å². The SMILES string of the molecule is CC(C)C(N)CCCOCn1cnc2c(N)ncnc21. The molecule has 0 radical (unpaired) electrons. The number of aromatic nitrogens is 4. The summed E-state index contributed by atoms with van der Waals surface area (Å²) in [6.07, 6.45) is 5.01. The molecule has 1 atom stereocenters. The molecule has 0 saturated heterocycles. The van der Waals surface area contributed by atoms with E-state index in [1.165, 1.54) is 6.33 Å². The van der Waals surface area contributed by atoms with Crippen LogP contribution in [-0.4, -0.2) is 32.2 Å². The van der Waals surface area contributed by atoms with Crippen LogP contribution >= 0.6 is 0 Å². The number of hydrogen-bond donors (Lipinski definition) is 2. The first-order valence-electron chi connectivity index (χ1n) is 6.84. The van der Waals surface area contributed by atoms with E-state index < -0.39 is 0 Å². The smallest absolute Gasteiger partial charge is 0.167 e. The summed E-state index contributed by atoms with van der Waals surface area (Å²) in [5, 5.41) is 0. The monoisotopic (exact) mass is 278 g/mol. The second kappa shape index (κ2) is 6.62. The summed E-state index contributed by atoms with van der Waals surface area (Å²) in [5.41, 5.74) is 13.0. The lowest BCUT2D eigenvalue weighted by molar-refractivity contribution is 0.0747. The van der Waals surface area contributed by atoms with Gasteiger partial charge in [0.05, 0.1) is 6.33 Å². The molecule has 0 fully saturated rings. The van der Waals surface area contributed by atoms with Gasteiger partial charge in [0.15, 0.2) is 11.5 Å². The van der Waals surface area contributed by atoms with E-state index in [9.17, 15) is 0 Å². The number of hydrogen-bond acceptors (Lipinski definition) is 6. The van der Waals surface area contributed by atoms with Crippen LogP contribution < -0.4 is 11.5 Å². The number of ether oxygens (including phenoxy) is 1. The van der Waals surface area contributed by atoms with Crippen molar-refractivity contribution in [2.75, 3.05) is 12.3 Å². The molecule has 2 heterocycles. The van der Waals surface area contributed by atoms with Crippen molar-refractivity contribution < 1.29 is 4.74 Å². The highest BCUT2D eigenvalue weighted by molar-refractivity contribution is 5.80. The van der Waals surface area contributed by atoms with Gasteiger partial charge in [-0.3, -0.25) is 4.57 Å². The van der Waals surface area contributed by atoms with Crippen LogP contribution in [0, 0.1) is 5.92 Å². The van der Waals surface area contributed by atoms with Crippen molar-refractivity contribution in [3.63, 3.8) is 0 Å². The van der Waals surface area contributed by atoms with Crippen molar-refractivity contribution in [3.05, 3.63) is 12.7 Å².